The fourth-order valence-corrected chi connectivity index (χ4v) is 3.55. The summed E-state index contributed by atoms with van der Waals surface area (Å²) in [5.74, 6) is -1.75. The standard InChI is InChI=1S/C14H20F2N2O2S/c1-2-8-17-9-11-12(15)6-7-13(14(11)16)21(19,20)18-10-4-3-5-10/h6-7,10,17-18H,2-5,8-9H2,1H3. The van der Waals surface area contributed by atoms with Crippen molar-refractivity contribution >= 4 is 10.0 Å². The fraction of sp³-hybridized carbons (Fsp3) is 0.571. The molecule has 1 aromatic carbocycles. The lowest BCUT2D eigenvalue weighted by Gasteiger charge is -2.26. The van der Waals surface area contributed by atoms with Crippen LogP contribution in [-0.2, 0) is 16.6 Å². The van der Waals surface area contributed by atoms with E-state index in [-0.39, 0.29) is 18.2 Å². The van der Waals surface area contributed by atoms with Gasteiger partial charge < -0.3 is 5.32 Å². The summed E-state index contributed by atoms with van der Waals surface area (Å²) in [6.07, 6.45) is 3.30. The Labute approximate surface area is 124 Å². The molecule has 4 nitrogen and oxygen atoms in total. The van der Waals surface area contributed by atoms with Crippen molar-refractivity contribution in [1.82, 2.24) is 10.0 Å². The number of nitrogens with one attached hydrogen (secondary N) is 2. The molecular formula is C14H20F2N2O2S. The highest BCUT2D eigenvalue weighted by atomic mass is 32.2. The first-order valence-electron chi connectivity index (χ1n) is 7.15. The minimum Gasteiger partial charge on any atom is -0.312 e. The minimum atomic E-state index is -3.94. The molecule has 0 spiro atoms. The first-order valence-corrected chi connectivity index (χ1v) is 8.64. The molecule has 0 bridgehead atoms. The Bertz CT molecular complexity index is 601. The zero-order valence-corrected chi connectivity index (χ0v) is 12.8. The van der Waals surface area contributed by atoms with Crippen LogP contribution >= 0.6 is 0 Å². The molecule has 0 radical (unpaired) electrons. The molecule has 1 aliphatic rings. The molecule has 2 rings (SSSR count). The third kappa shape index (κ3) is 3.78. The molecule has 7 heteroatoms. The quantitative estimate of drug-likeness (QED) is 0.759. The summed E-state index contributed by atoms with van der Waals surface area (Å²) >= 11 is 0. The van der Waals surface area contributed by atoms with E-state index in [0.717, 1.165) is 37.8 Å². The SMILES string of the molecule is CCCNCc1c(F)ccc(S(=O)(=O)NC2CCC2)c1F. The largest absolute Gasteiger partial charge is 0.312 e. The summed E-state index contributed by atoms with van der Waals surface area (Å²) in [5.41, 5.74) is -0.236. The summed E-state index contributed by atoms with van der Waals surface area (Å²) in [6.45, 7) is 2.51. The number of benzene rings is 1. The zero-order valence-electron chi connectivity index (χ0n) is 12.0. The van der Waals surface area contributed by atoms with Crippen molar-refractivity contribution in [2.75, 3.05) is 6.54 Å². The maximum absolute atomic E-state index is 14.3. The molecule has 1 aromatic rings. The Balaban J connectivity index is 2.24. The van der Waals surface area contributed by atoms with Crippen molar-refractivity contribution < 1.29 is 17.2 Å². The van der Waals surface area contributed by atoms with Crippen LogP contribution in [0.2, 0.25) is 0 Å². The van der Waals surface area contributed by atoms with Gasteiger partial charge >= 0.3 is 0 Å². The van der Waals surface area contributed by atoms with Crippen LogP contribution in [0.25, 0.3) is 0 Å². The molecule has 1 aliphatic carbocycles. The van der Waals surface area contributed by atoms with Gasteiger partial charge in [0, 0.05) is 18.2 Å². The monoisotopic (exact) mass is 318 g/mol. The lowest BCUT2D eigenvalue weighted by molar-refractivity contribution is 0.382. The highest BCUT2D eigenvalue weighted by Gasteiger charge is 2.28. The number of hydrogen-bond acceptors (Lipinski definition) is 3. The molecule has 1 fully saturated rings. The number of sulfonamides is 1. The summed E-state index contributed by atoms with van der Waals surface area (Å²) in [6, 6.07) is 1.84. The van der Waals surface area contributed by atoms with Gasteiger partial charge in [0.25, 0.3) is 0 Å². The number of rotatable bonds is 7. The van der Waals surface area contributed by atoms with Crippen LogP contribution < -0.4 is 10.0 Å². The maximum atomic E-state index is 14.3. The molecular weight excluding hydrogens is 298 g/mol. The van der Waals surface area contributed by atoms with E-state index < -0.39 is 26.6 Å². The van der Waals surface area contributed by atoms with Crippen molar-refractivity contribution in [3.8, 4) is 0 Å². The molecule has 2 N–H and O–H groups in total. The first kappa shape index (κ1) is 16.3. The van der Waals surface area contributed by atoms with Crippen molar-refractivity contribution in [1.29, 1.82) is 0 Å². The van der Waals surface area contributed by atoms with Gasteiger partial charge in [0.1, 0.15) is 10.7 Å². The van der Waals surface area contributed by atoms with Gasteiger partial charge in [-0.2, -0.15) is 0 Å². The van der Waals surface area contributed by atoms with Crippen molar-refractivity contribution in [3.05, 3.63) is 29.3 Å². The molecule has 0 saturated heterocycles. The predicted octanol–water partition coefficient (Wildman–Crippen LogP) is 2.30. The van der Waals surface area contributed by atoms with Crippen LogP contribution in [0.5, 0.6) is 0 Å². The average molecular weight is 318 g/mol. The Morgan fingerprint density at radius 3 is 2.57 bits per heavy atom. The van der Waals surface area contributed by atoms with E-state index in [9.17, 15) is 17.2 Å². The normalized spacial score (nSPS) is 16.0. The smallest absolute Gasteiger partial charge is 0.243 e. The number of halogens is 2. The van der Waals surface area contributed by atoms with Gasteiger partial charge in [-0.15, -0.1) is 0 Å². The van der Waals surface area contributed by atoms with Gasteiger partial charge in [0.2, 0.25) is 10.0 Å². The Morgan fingerprint density at radius 1 is 1.29 bits per heavy atom. The molecule has 0 aliphatic heterocycles. The Morgan fingerprint density at radius 2 is 2.00 bits per heavy atom. The van der Waals surface area contributed by atoms with Gasteiger partial charge in [-0.3, -0.25) is 0 Å². The lowest BCUT2D eigenvalue weighted by atomic mass is 9.94. The fourth-order valence-electron chi connectivity index (χ4n) is 2.14. The van der Waals surface area contributed by atoms with E-state index >= 15 is 0 Å². The van der Waals surface area contributed by atoms with E-state index in [0.29, 0.717) is 6.54 Å². The second-order valence-corrected chi connectivity index (χ2v) is 6.95. The van der Waals surface area contributed by atoms with Gasteiger partial charge in [0.15, 0.2) is 5.82 Å². The molecule has 0 aromatic heterocycles. The highest BCUT2D eigenvalue weighted by molar-refractivity contribution is 7.89. The van der Waals surface area contributed by atoms with Crippen LogP contribution in [-0.4, -0.2) is 21.0 Å². The van der Waals surface area contributed by atoms with E-state index in [1.807, 2.05) is 6.92 Å². The van der Waals surface area contributed by atoms with Gasteiger partial charge in [-0.25, -0.2) is 21.9 Å². The Kier molecular flexibility index (Phi) is 5.29. The van der Waals surface area contributed by atoms with Crippen molar-refractivity contribution in [3.63, 3.8) is 0 Å². The van der Waals surface area contributed by atoms with Gasteiger partial charge in [0.05, 0.1) is 0 Å². The topological polar surface area (TPSA) is 58.2 Å². The van der Waals surface area contributed by atoms with Crippen molar-refractivity contribution in [2.24, 2.45) is 0 Å². The first-order chi connectivity index (χ1) is 9.95. The van der Waals surface area contributed by atoms with Crippen LogP contribution in [0.1, 0.15) is 38.2 Å². The van der Waals surface area contributed by atoms with E-state index in [1.54, 1.807) is 0 Å². The molecule has 0 unspecified atom stereocenters. The van der Waals surface area contributed by atoms with Crippen LogP contribution in [0.4, 0.5) is 8.78 Å². The summed E-state index contributed by atoms with van der Waals surface area (Å²) in [4.78, 5) is -0.482. The lowest BCUT2D eigenvalue weighted by Crippen LogP contribution is -2.39. The predicted molar refractivity (Wildman–Crippen MR) is 76.3 cm³/mol. The summed E-state index contributed by atoms with van der Waals surface area (Å²) in [7, 11) is -3.94. The molecule has 1 saturated carbocycles. The van der Waals surface area contributed by atoms with E-state index in [4.69, 9.17) is 0 Å². The van der Waals surface area contributed by atoms with Crippen LogP contribution in [0, 0.1) is 11.6 Å². The van der Waals surface area contributed by atoms with E-state index in [1.165, 1.54) is 0 Å². The Hall–Kier alpha value is -1.05. The second-order valence-electron chi connectivity index (χ2n) is 5.26. The van der Waals surface area contributed by atoms with E-state index in [2.05, 4.69) is 10.0 Å². The molecule has 21 heavy (non-hydrogen) atoms. The summed E-state index contributed by atoms with van der Waals surface area (Å²) < 4.78 is 54.8. The minimum absolute atomic E-state index is 0.0295. The second kappa shape index (κ2) is 6.81. The molecule has 0 heterocycles. The molecule has 0 amide bonds. The molecule has 118 valence electrons. The average Bonchev–Trinajstić information content (AvgIpc) is 2.38. The molecule has 0 atom stereocenters. The van der Waals surface area contributed by atoms with Gasteiger partial charge in [-0.05, 0) is 37.9 Å². The van der Waals surface area contributed by atoms with Crippen molar-refractivity contribution in [2.45, 2.75) is 50.1 Å². The maximum Gasteiger partial charge on any atom is 0.243 e. The highest BCUT2D eigenvalue weighted by Crippen LogP contribution is 2.24. The van der Waals surface area contributed by atoms with Crippen LogP contribution in [0.15, 0.2) is 17.0 Å². The zero-order chi connectivity index (χ0) is 15.5. The third-order valence-electron chi connectivity index (χ3n) is 3.60. The van der Waals surface area contributed by atoms with Gasteiger partial charge in [-0.1, -0.05) is 13.3 Å². The summed E-state index contributed by atoms with van der Waals surface area (Å²) in [5, 5.41) is 2.88. The third-order valence-corrected chi connectivity index (χ3v) is 5.13. The van der Waals surface area contributed by atoms with Crippen LogP contribution in [0.3, 0.4) is 0 Å². The number of hydrogen-bond donors (Lipinski definition) is 2.